The van der Waals surface area contributed by atoms with Gasteiger partial charge in [-0.15, -0.1) is 0 Å². The Hall–Kier alpha value is -2.95. The molecule has 0 fully saturated rings. The molecule has 0 bridgehead atoms. The van der Waals surface area contributed by atoms with Crippen LogP contribution < -0.4 is 10.7 Å². The molecule has 134 valence electrons. The smallest absolute Gasteiger partial charge is 0.261 e. The van der Waals surface area contributed by atoms with Crippen molar-refractivity contribution < 1.29 is 4.79 Å². The molecule has 5 nitrogen and oxygen atoms in total. The Morgan fingerprint density at radius 1 is 1.12 bits per heavy atom. The van der Waals surface area contributed by atoms with Crippen molar-refractivity contribution in [1.29, 1.82) is 0 Å². The summed E-state index contributed by atoms with van der Waals surface area (Å²) in [5.74, 6) is -0.396. The molecule has 26 heavy (non-hydrogen) atoms. The second kappa shape index (κ2) is 7.12. The highest BCUT2D eigenvalue weighted by molar-refractivity contribution is 6.05. The molecule has 0 atom stereocenters. The van der Waals surface area contributed by atoms with Crippen molar-refractivity contribution in [2.45, 2.75) is 40.7 Å². The topological polar surface area (TPSA) is 64.0 Å². The predicted octanol–water partition coefficient (Wildman–Crippen LogP) is 3.98. The number of nitrogens with one attached hydrogen (secondary N) is 1. The molecule has 2 aromatic heterocycles. The number of hydrogen-bond donors (Lipinski definition) is 1. The number of rotatable bonds is 4. The zero-order valence-electron chi connectivity index (χ0n) is 15.6. The van der Waals surface area contributed by atoms with Crippen LogP contribution in [0, 0.1) is 20.8 Å². The molecule has 0 unspecified atom stereocenters. The van der Waals surface area contributed by atoms with Gasteiger partial charge in [-0.3, -0.25) is 9.59 Å². The molecule has 0 aliphatic carbocycles. The number of aromatic nitrogens is 2. The average Bonchev–Trinajstić information content (AvgIpc) is 2.56. The summed E-state index contributed by atoms with van der Waals surface area (Å²) in [5.41, 5.74) is 4.12. The van der Waals surface area contributed by atoms with Crippen LogP contribution in [0.25, 0.3) is 11.0 Å². The third kappa shape index (κ3) is 3.52. The Morgan fingerprint density at radius 2 is 1.81 bits per heavy atom. The molecule has 3 aromatic rings. The lowest BCUT2D eigenvalue weighted by molar-refractivity contribution is 0.102. The first-order valence-corrected chi connectivity index (χ1v) is 8.79. The maximum atomic E-state index is 12.8. The van der Waals surface area contributed by atoms with E-state index in [0.717, 1.165) is 23.2 Å². The van der Waals surface area contributed by atoms with Gasteiger partial charge < -0.3 is 9.88 Å². The van der Waals surface area contributed by atoms with E-state index in [1.807, 2.05) is 43.5 Å². The number of carbonyl (C=O) groups is 1. The zero-order valence-corrected chi connectivity index (χ0v) is 15.6. The van der Waals surface area contributed by atoms with E-state index in [-0.39, 0.29) is 11.0 Å². The van der Waals surface area contributed by atoms with Gasteiger partial charge in [0.1, 0.15) is 11.2 Å². The minimum absolute atomic E-state index is 0.135. The summed E-state index contributed by atoms with van der Waals surface area (Å²) < 4.78 is 1.89. The van der Waals surface area contributed by atoms with Crippen molar-refractivity contribution in [1.82, 2.24) is 9.55 Å². The second-order valence-electron chi connectivity index (χ2n) is 6.72. The number of fused-ring (bicyclic) bond motifs is 1. The van der Waals surface area contributed by atoms with E-state index in [4.69, 9.17) is 0 Å². The Labute approximate surface area is 152 Å². The van der Waals surface area contributed by atoms with Crippen molar-refractivity contribution in [3.05, 3.63) is 69.1 Å². The molecule has 0 radical (unpaired) electrons. The quantitative estimate of drug-likeness (QED) is 0.775. The van der Waals surface area contributed by atoms with Crippen molar-refractivity contribution >= 4 is 22.6 Å². The number of benzene rings is 1. The summed E-state index contributed by atoms with van der Waals surface area (Å²) in [7, 11) is 0. The molecule has 0 saturated heterocycles. The fraction of sp³-hybridized carbons (Fsp3) is 0.286. The summed E-state index contributed by atoms with van der Waals surface area (Å²) >= 11 is 0. The first kappa shape index (κ1) is 17.9. The SMILES string of the molecule is CCCn1cc(C(=O)Nc2cc(C)cc(C)c2)c(=O)c2ccc(C)nc21. The number of anilines is 1. The zero-order chi connectivity index (χ0) is 18.8. The minimum Gasteiger partial charge on any atom is -0.331 e. The molecular formula is C21H23N3O2. The average molecular weight is 349 g/mol. The van der Waals surface area contributed by atoms with E-state index in [0.29, 0.717) is 23.3 Å². The van der Waals surface area contributed by atoms with E-state index in [1.165, 1.54) is 0 Å². The summed E-state index contributed by atoms with van der Waals surface area (Å²) in [5, 5.41) is 3.32. The van der Waals surface area contributed by atoms with Gasteiger partial charge in [0.2, 0.25) is 5.43 Å². The van der Waals surface area contributed by atoms with Gasteiger partial charge in [0, 0.05) is 24.1 Å². The van der Waals surface area contributed by atoms with Crippen LogP contribution in [0.1, 0.15) is 40.5 Å². The molecule has 1 aromatic carbocycles. The fourth-order valence-corrected chi connectivity index (χ4v) is 3.18. The van der Waals surface area contributed by atoms with Crippen molar-refractivity contribution in [3.63, 3.8) is 0 Å². The van der Waals surface area contributed by atoms with E-state index in [9.17, 15) is 9.59 Å². The highest BCUT2D eigenvalue weighted by Crippen LogP contribution is 2.16. The van der Waals surface area contributed by atoms with Gasteiger partial charge in [0.15, 0.2) is 0 Å². The monoisotopic (exact) mass is 349 g/mol. The molecule has 5 heteroatoms. The van der Waals surface area contributed by atoms with E-state index >= 15 is 0 Å². The van der Waals surface area contributed by atoms with Crippen LogP contribution in [0.2, 0.25) is 0 Å². The van der Waals surface area contributed by atoms with Crippen LogP contribution in [-0.4, -0.2) is 15.5 Å². The van der Waals surface area contributed by atoms with Crippen molar-refractivity contribution in [2.24, 2.45) is 0 Å². The van der Waals surface area contributed by atoms with Gasteiger partial charge in [0.25, 0.3) is 5.91 Å². The molecular weight excluding hydrogens is 326 g/mol. The van der Waals surface area contributed by atoms with Gasteiger partial charge in [-0.25, -0.2) is 4.98 Å². The van der Waals surface area contributed by atoms with Gasteiger partial charge >= 0.3 is 0 Å². The lowest BCUT2D eigenvalue weighted by Gasteiger charge is -2.13. The first-order chi connectivity index (χ1) is 12.4. The summed E-state index contributed by atoms with van der Waals surface area (Å²) in [6.07, 6.45) is 2.50. The van der Waals surface area contributed by atoms with Gasteiger partial charge in [-0.05, 0) is 62.6 Å². The van der Waals surface area contributed by atoms with Crippen LogP contribution >= 0.6 is 0 Å². The Balaban J connectivity index is 2.09. The van der Waals surface area contributed by atoms with Crippen LogP contribution in [0.15, 0.2) is 41.3 Å². The maximum Gasteiger partial charge on any atom is 0.261 e. The van der Waals surface area contributed by atoms with Crippen LogP contribution in [0.5, 0.6) is 0 Å². The molecule has 0 spiro atoms. The Kier molecular flexibility index (Phi) is 4.89. The molecule has 0 aliphatic rings. The molecule has 0 aliphatic heterocycles. The molecule has 3 rings (SSSR count). The number of nitrogens with zero attached hydrogens (tertiary/aromatic N) is 2. The molecule has 2 heterocycles. The highest BCUT2D eigenvalue weighted by atomic mass is 16.2. The molecule has 0 saturated carbocycles. The second-order valence-corrected chi connectivity index (χ2v) is 6.72. The van der Waals surface area contributed by atoms with E-state index in [2.05, 4.69) is 17.2 Å². The number of carbonyl (C=O) groups excluding carboxylic acids is 1. The van der Waals surface area contributed by atoms with E-state index in [1.54, 1.807) is 18.3 Å². The lowest BCUT2D eigenvalue weighted by atomic mass is 10.1. The highest BCUT2D eigenvalue weighted by Gasteiger charge is 2.16. The van der Waals surface area contributed by atoms with Crippen molar-refractivity contribution in [3.8, 4) is 0 Å². The maximum absolute atomic E-state index is 12.8. The van der Waals surface area contributed by atoms with Gasteiger partial charge in [-0.1, -0.05) is 13.0 Å². The number of aryl methyl sites for hydroxylation is 4. The minimum atomic E-state index is -0.396. The first-order valence-electron chi connectivity index (χ1n) is 8.79. The van der Waals surface area contributed by atoms with Gasteiger partial charge in [0.05, 0.1) is 5.39 Å². The van der Waals surface area contributed by atoms with Crippen LogP contribution in [-0.2, 0) is 6.54 Å². The number of hydrogen-bond acceptors (Lipinski definition) is 3. The third-order valence-electron chi connectivity index (χ3n) is 4.25. The molecule has 1 N–H and O–H groups in total. The Morgan fingerprint density at radius 3 is 2.46 bits per heavy atom. The molecule has 1 amide bonds. The van der Waals surface area contributed by atoms with Gasteiger partial charge in [-0.2, -0.15) is 0 Å². The van der Waals surface area contributed by atoms with Crippen LogP contribution in [0.4, 0.5) is 5.69 Å². The number of amides is 1. The Bertz CT molecular complexity index is 1030. The lowest BCUT2D eigenvalue weighted by Crippen LogP contribution is -2.24. The largest absolute Gasteiger partial charge is 0.331 e. The fourth-order valence-electron chi connectivity index (χ4n) is 3.18. The summed E-state index contributed by atoms with van der Waals surface area (Å²) in [6.45, 7) is 8.58. The normalized spacial score (nSPS) is 10.9. The van der Waals surface area contributed by atoms with Crippen molar-refractivity contribution in [2.75, 3.05) is 5.32 Å². The standard InChI is InChI=1S/C21H23N3O2/c1-5-8-24-12-18(19(25)17-7-6-15(4)22-20(17)24)21(26)23-16-10-13(2)9-14(3)11-16/h6-7,9-12H,5,8H2,1-4H3,(H,23,26). The summed E-state index contributed by atoms with van der Waals surface area (Å²) in [4.78, 5) is 30.1. The van der Waals surface area contributed by atoms with Crippen LogP contribution in [0.3, 0.4) is 0 Å². The predicted molar refractivity (Wildman–Crippen MR) is 105 cm³/mol. The summed E-state index contributed by atoms with van der Waals surface area (Å²) in [6, 6.07) is 9.36. The van der Waals surface area contributed by atoms with E-state index < -0.39 is 5.91 Å². The third-order valence-corrected chi connectivity index (χ3v) is 4.25. The number of pyridine rings is 2.